The topological polar surface area (TPSA) is 138 Å². The fourth-order valence-electron chi connectivity index (χ4n) is 1.88. The van der Waals surface area contributed by atoms with Crippen LogP contribution < -0.4 is 0 Å². The van der Waals surface area contributed by atoms with Crippen molar-refractivity contribution in [1.82, 2.24) is 0 Å². The van der Waals surface area contributed by atoms with E-state index in [1.165, 1.54) is 0 Å². The first-order valence-electron chi connectivity index (χ1n) is 7.70. The maximum atomic E-state index is 9.79. The van der Waals surface area contributed by atoms with Gasteiger partial charge in [0.1, 0.15) is 24.4 Å². The highest BCUT2D eigenvalue weighted by Crippen LogP contribution is 2.15. The van der Waals surface area contributed by atoms with Gasteiger partial charge < -0.3 is 44.2 Å². The van der Waals surface area contributed by atoms with Gasteiger partial charge in [-0.2, -0.15) is 0 Å². The van der Waals surface area contributed by atoms with Crippen LogP contribution in [0.2, 0.25) is 0 Å². The van der Waals surface area contributed by atoms with Gasteiger partial charge >= 0.3 is 0 Å². The van der Waals surface area contributed by atoms with Crippen LogP contribution in [0.15, 0.2) is 0 Å². The average Bonchev–Trinajstić information content (AvgIpc) is 2.53. The van der Waals surface area contributed by atoms with Crippen LogP contribution in [0.1, 0.15) is 20.8 Å². The fourth-order valence-corrected chi connectivity index (χ4v) is 3.35. The zero-order chi connectivity index (χ0) is 17.9. The molecule has 0 saturated heterocycles. The standard InChI is InChI=1S/C13H30O9Si/c1-4-19-13(20-5-2,21-6-3)23-22-8-10(16)12(18)11(17)9(15)7-14/h9-12,14-18H,4-8,23H2,1-3H3/t9-,10+,11-,12-/m1/s1. The average molecular weight is 358 g/mol. The van der Waals surface area contributed by atoms with Crippen molar-refractivity contribution in [2.45, 2.75) is 50.8 Å². The van der Waals surface area contributed by atoms with Gasteiger partial charge in [-0.3, -0.25) is 0 Å². The van der Waals surface area contributed by atoms with E-state index in [4.69, 9.17) is 23.7 Å². The van der Waals surface area contributed by atoms with Gasteiger partial charge in [-0.1, -0.05) is 0 Å². The summed E-state index contributed by atoms with van der Waals surface area (Å²) in [5.41, 5.74) is -1.27. The molecule has 0 aromatic heterocycles. The van der Waals surface area contributed by atoms with Crippen LogP contribution in [0.25, 0.3) is 0 Å². The van der Waals surface area contributed by atoms with Crippen molar-refractivity contribution < 1.29 is 44.2 Å². The van der Waals surface area contributed by atoms with E-state index in [0.29, 0.717) is 19.8 Å². The predicted octanol–water partition coefficient (Wildman–Crippen LogP) is -2.76. The van der Waals surface area contributed by atoms with Crippen molar-refractivity contribution in [2.24, 2.45) is 0 Å². The summed E-state index contributed by atoms with van der Waals surface area (Å²) in [6.07, 6.45) is -6.34. The molecule has 0 spiro atoms. The number of aliphatic hydroxyl groups is 5. The number of aliphatic hydroxyl groups excluding tert-OH is 5. The van der Waals surface area contributed by atoms with Crippen molar-refractivity contribution in [3.63, 3.8) is 0 Å². The molecule has 10 heteroatoms. The third-order valence-corrected chi connectivity index (χ3v) is 4.39. The fraction of sp³-hybridized carbons (Fsp3) is 1.00. The van der Waals surface area contributed by atoms with Crippen molar-refractivity contribution in [3.05, 3.63) is 0 Å². The van der Waals surface area contributed by atoms with Gasteiger partial charge in [0.05, 0.1) is 13.2 Å². The van der Waals surface area contributed by atoms with Gasteiger partial charge in [-0.25, -0.2) is 0 Å². The molecule has 0 aliphatic rings. The Hall–Kier alpha value is -0.143. The predicted molar refractivity (Wildman–Crippen MR) is 83.2 cm³/mol. The quantitative estimate of drug-likeness (QED) is 0.165. The van der Waals surface area contributed by atoms with Gasteiger partial charge in [0.15, 0.2) is 0 Å². The molecule has 0 radical (unpaired) electrons. The molecule has 9 nitrogen and oxygen atoms in total. The van der Waals surface area contributed by atoms with E-state index in [2.05, 4.69) is 0 Å². The highest BCUT2D eigenvalue weighted by molar-refractivity contribution is 6.30. The van der Waals surface area contributed by atoms with Crippen molar-refractivity contribution in [1.29, 1.82) is 0 Å². The molecule has 0 amide bonds. The Morgan fingerprint density at radius 1 is 0.826 bits per heavy atom. The third kappa shape index (κ3) is 7.98. The lowest BCUT2D eigenvalue weighted by atomic mass is 10.0. The monoisotopic (exact) mass is 358 g/mol. The minimum absolute atomic E-state index is 0.294. The molecule has 0 heterocycles. The molecule has 0 saturated carbocycles. The van der Waals surface area contributed by atoms with Crippen molar-refractivity contribution >= 4 is 9.76 Å². The summed E-state index contributed by atoms with van der Waals surface area (Å²) in [4.78, 5) is 0. The van der Waals surface area contributed by atoms with Crippen LogP contribution in [0, 0.1) is 0 Å². The van der Waals surface area contributed by atoms with Gasteiger partial charge in [-0.15, -0.1) is 0 Å². The summed E-state index contributed by atoms with van der Waals surface area (Å²) in [7, 11) is -1.57. The van der Waals surface area contributed by atoms with Gasteiger partial charge in [0.2, 0.25) is 0 Å². The molecule has 23 heavy (non-hydrogen) atoms. The minimum Gasteiger partial charge on any atom is -0.412 e. The van der Waals surface area contributed by atoms with E-state index in [-0.39, 0.29) is 6.61 Å². The van der Waals surface area contributed by atoms with Crippen molar-refractivity contribution in [2.75, 3.05) is 33.0 Å². The lowest BCUT2D eigenvalue weighted by Crippen LogP contribution is -2.50. The molecular formula is C13H30O9Si. The Bertz CT molecular complexity index is 278. The van der Waals surface area contributed by atoms with Gasteiger partial charge in [0, 0.05) is 19.8 Å². The Labute approximate surface area is 138 Å². The maximum Gasteiger partial charge on any atom is 0.279 e. The van der Waals surface area contributed by atoms with Crippen LogP contribution in [0.4, 0.5) is 0 Å². The van der Waals surface area contributed by atoms with E-state index in [1.54, 1.807) is 20.8 Å². The zero-order valence-corrected chi connectivity index (χ0v) is 15.3. The van der Waals surface area contributed by atoms with Gasteiger partial charge in [0.25, 0.3) is 15.4 Å². The Morgan fingerprint density at radius 2 is 1.26 bits per heavy atom. The second kappa shape index (κ2) is 12.3. The highest BCUT2D eigenvalue weighted by Gasteiger charge is 2.35. The number of hydrogen-bond acceptors (Lipinski definition) is 9. The van der Waals surface area contributed by atoms with Crippen LogP contribution in [0.3, 0.4) is 0 Å². The minimum atomic E-state index is -1.68. The first-order valence-corrected chi connectivity index (χ1v) is 8.98. The molecule has 0 fully saturated rings. The second-order valence-electron chi connectivity index (χ2n) is 4.80. The molecule has 0 aliphatic heterocycles. The number of rotatable bonds is 14. The lowest BCUT2D eigenvalue weighted by Gasteiger charge is -2.32. The zero-order valence-electron chi connectivity index (χ0n) is 13.9. The summed E-state index contributed by atoms with van der Waals surface area (Å²) < 4.78 is 21.8. The van der Waals surface area contributed by atoms with Crippen molar-refractivity contribution in [3.8, 4) is 0 Å². The smallest absolute Gasteiger partial charge is 0.279 e. The summed E-state index contributed by atoms with van der Waals surface area (Å²) in [5.74, 6) is 0. The normalized spacial score (nSPS) is 18.3. The van der Waals surface area contributed by atoms with Crippen LogP contribution in [-0.2, 0) is 18.6 Å². The molecule has 0 aliphatic carbocycles. The Balaban J connectivity index is 4.50. The maximum absolute atomic E-state index is 9.79. The molecule has 0 aromatic carbocycles. The Morgan fingerprint density at radius 3 is 1.65 bits per heavy atom. The number of hydrogen-bond donors (Lipinski definition) is 5. The summed E-state index contributed by atoms with van der Waals surface area (Å²) >= 11 is 0. The molecule has 4 atom stereocenters. The molecule has 0 rings (SSSR count). The molecular weight excluding hydrogens is 328 g/mol. The van der Waals surface area contributed by atoms with E-state index in [0.717, 1.165) is 0 Å². The summed E-state index contributed by atoms with van der Waals surface area (Å²) in [6.45, 7) is 5.38. The van der Waals surface area contributed by atoms with Crippen LogP contribution in [0.5, 0.6) is 0 Å². The molecule has 0 unspecified atom stereocenters. The molecule has 0 bridgehead atoms. The van der Waals surface area contributed by atoms with E-state index < -0.39 is 46.4 Å². The SMILES string of the molecule is CCOC(OCC)(OCC)[SiH2]OC[C@H](O)[C@@H](O)[C@H](O)[C@H](O)CO. The molecule has 140 valence electrons. The van der Waals surface area contributed by atoms with Crippen LogP contribution in [-0.4, -0.2) is 98.3 Å². The largest absolute Gasteiger partial charge is 0.412 e. The first kappa shape index (κ1) is 22.9. The second-order valence-corrected chi connectivity index (χ2v) is 6.36. The van der Waals surface area contributed by atoms with Gasteiger partial charge in [-0.05, 0) is 20.8 Å². The Kier molecular flexibility index (Phi) is 12.2. The molecule has 0 aromatic rings. The lowest BCUT2D eigenvalue weighted by molar-refractivity contribution is -0.328. The van der Waals surface area contributed by atoms with E-state index in [9.17, 15) is 20.4 Å². The first-order chi connectivity index (χ1) is 10.9. The third-order valence-electron chi connectivity index (χ3n) is 2.99. The van der Waals surface area contributed by atoms with Crippen LogP contribution >= 0.6 is 0 Å². The highest BCUT2D eigenvalue weighted by atomic mass is 28.2. The summed E-state index contributed by atoms with van der Waals surface area (Å²) in [5, 5.41) is 47.0. The van der Waals surface area contributed by atoms with E-state index in [1.807, 2.05) is 0 Å². The number of ether oxygens (including phenoxy) is 3. The summed E-state index contributed by atoms with van der Waals surface area (Å²) in [6, 6.07) is 0. The molecule has 5 N–H and O–H groups in total. The van der Waals surface area contributed by atoms with E-state index >= 15 is 0 Å².